The fraction of sp³-hybridized carbons (Fsp3) is 0.625. The Hall–Kier alpha value is -1.09. The molecule has 2 rings (SSSR count). The molecule has 0 aromatic heterocycles. The Morgan fingerprint density at radius 1 is 1.26 bits per heavy atom. The van der Waals surface area contributed by atoms with Gasteiger partial charge < -0.3 is 10.6 Å². The first-order valence-corrected chi connectivity index (χ1v) is 7.43. The Morgan fingerprint density at radius 2 is 2.00 bits per heavy atom. The normalized spacial score (nSPS) is 23.3. The summed E-state index contributed by atoms with van der Waals surface area (Å²) >= 11 is 0. The number of rotatable bonds is 5. The van der Waals surface area contributed by atoms with Crippen LogP contribution in [0.5, 0.6) is 0 Å². The molecule has 2 N–H and O–H groups in total. The second-order valence-corrected chi connectivity index (χ2v) is 5.74. The third kappa shape index (κ3) is 3.93. The van der Waals surface area contributed by atoms with E-state index >= 15 is 0 Å². The quantitative estimate of drug-likeness (QED) is 0.881. The van der Waals surface area contributed by atoms with E-state index in [1.54, 1.807) is 12.1 Å². The van der Waals surface area contributed by atoms with Crippen molar-refractivity contribution in [2.75, 3.05) is 18.0 Å². The van der Waals surface area contributed by atoms with Crippen molar-refractivity contribution in [3.05, 3.63) is 30.1 Å². The lowest BCUT2D eigenvalue weighted by molar-refractivity contribution is 0.328. The van der Waals surface area contributed by atoms with Gasteiger partial charge in [-0.3, -0.25) is 0 Å². The zero-order chi connectivity index (χ0) is 13.7. The maximum atomic E-state index is 13.1. The second-order valence-electron chi connectivity index (χ2n) is 5.74. The van der Waals surface area contributed by atoms with Gasteiger partial charge in [0.05, 0.1) is 0 Å². The van der Waals surface area contributed by atoms with Crippen LogP contribution in [0.2, 0.25) is 0 Å². The van der Waals surface area contributed by atoms with E-state index in [0.29, 0.717) is 12.6 Å². The van der Waals surface area contributed by atoms with Gasteiger partial charge in [0.25, 0.3) is 0 Å². The van der Waals surface area contributed by atoms with Crippen LogP contribution in [0.15, 0.2) is 24.3 Å². The molecule has 0 aliphatic heterocycles. The topological polar surface area (TPSA) is 29.3 Å². The Balaban J connectivity index is 2.12. The Labute approximate surface area is 115 Å². The summed E-state index contributed by atoms with van der Waals surface area (Å²) in [6, 6.07) is 7.48. The molecule has 1 aromatic carbocycles. The zero-order valence-corrected chi connectivity index (χ0v) is 11.8. The van der Waals surface area contributed by atoms with Crippen molar-refractivity contribution in [2.24, 2.45) is 11.7 Å². The van der Waals surface area contributed by atoms with Crippen molar-refractivity contribution in [1.82, 2.24) is 0 Å². The van der Waals surface area contributed by atoms with Gasteiger partial charge in [-0.15, -0.1) is 0 Å². The van der Waals surface area contributed by atoms with Crippen LogP contribution in [-0.2, 0) is 0 Å². The average molecular weight is 264 g/mol. The molecule has 2 unspecified atom stereocenters. The molecule has 1 aliphatic carbocycles. The van der Waals surface area contributed by atoms with E-state index in [-0.39, 0.29) is 5.82 Å². The highest BCUT2D eigenvalue weighted by Gasteiger charge is 2.24. The van der Waals surface area contributed by atoms with Crippen LogP contribution >= 0.6 is 0 Å². The highest BCUT2D eigenvalue weighted by atomic mass is 19.1. The lowest BCUT2D eigenvalue weighted by Crippen LogP contribution is -2.39. The minimum absolute atomic E-state index is 0.167. The Kier molecular flexibility index (Phi) is 5.20. The van der Waals surface area contributed by atoms with E-state index in [4.69, 9.17) is 5.73 Å². The summed E-state index contributed by atoms with van der Waals surface area (Å²) in [6.07, 6.45) is 6.10. The first kappa shape index (κ1) is 14.3. The molecule has 0 amide bonds. The van der Waals surface area contributed by atoms with Gasteiger partial charge in [-0.05, 0) is 56.0 Å². The van der Waals surface area contributed by atoms with Crippen molar-refractivity contribution in [1.29, 1.82) is 0 Å². The summed E-state index contributed by atoms with van der Waals surface area (Å²) in [6.45, 7) is 4.01. The number of benzene rings is 1. The predicted molar refractivity (Wildman–Crippen MR) is 78.8 cm³/mol. The Bertz CT molecular complexity index is 377. The van der Waals surface area contributed by atoms with Gasteiger partial charge >= 0.3 is 0 Å². The number of nitrogens with two attached hydrogens (primary N) is 1. The minimum atomic E-state index is -0.167. The van der Waals surface area contributed by atoms with Crippen LogP contribution < -0.4 is 10.6 Å². The van der Waals surface area contributed by atoms with E-state index in [1.165, 1.54) is 25.7 Å². The summed E-state index contributed by atoms with van der Waals surface area (Å²) < 4.78 is 13.1. The van der Waals surface area contributed by atoms with Crippen LogP contribution in [0.4, 0.5) is 10.1 Å². The molecule has 1 aliphatic rings. The van der Waals surface area contributed by atoms with Crippen LogP contribution in [0.3, 0.4) is 0 Å². The van der Waals surface area contributed by atoms with Crippen molar-refractivity contribution in [2.45, 2.75) is 45.1 Å². The van der Waals surface area contributed by atoms with E-state index < -0.39 is 0 Å². The average Bonchev–Trinajstić information content (AvgIpc) is 2.41. The molecule has 0 heterocycles. The van der Waals surface area contributed by atoms with Crippen LogP contribution in [0.25, 0.3) is 0 Å². The minimum Gasteiger partial charge on any atom is -0.368 e. The highest BCUT2D eigenvalue weighted by molar-refractivity contribution is 5.47. The largest absolute Gasteiger partial charge is 0.368 e. The Morgan fingerprint density at radius 3 is 2.63 bits per heavy atom. The molecule has 1 aromatic rings. The van der Waals surface area contributed by atoms with E-state index in [0.717, 1.165) is 24.6 Å². The third-order valence-electron chi connectivity index (χ3n) is 4.11. The molecule has 0 spiro atoms. The molecule has 1 fully saturated rings. The maximum Gasteiger partial charge on any atom is 0.123 e. The van der Waals surface area contributed by atoms with Crippen molar-refractivity contribution >= 4 is 5.69 Å². The van der Waals surface area contributed by atoms with Crippen LogP contribution in [0.1, 0.15) is 39.0 Å². The van der Waals surface area contributed by atoms with Crippen LogP contribution in [-0.4, -0.2) is 19.1 Å². The second kappa shape index (κ2) is 6.90. The number of halogens is 1. The van der Waals surface area contributed by atoms with Gasteiger partial charge in [0.1, 0.15) is 5.82 Å². The third-order valence-corrected chi connectivity index (χ3v) is 4.11. The number of anilines is 1. The fourth-order valence-corrected chi connectivity index (χ4v) is 3.10. The fourth-order valence-electron chi connectivity index (χ4n) is 3.10. The maximum absolute atomic E-state index is 13.1. The number of nitrogens with zero attached hydrogens (tertiary/aromatic N) is 1. The van der Waals surface area contributed by atoms with Gasteiger partial charge in [-0.1, -0.05) is 19.8 Å². The van der Waals surface area contributed by atoms with Crippen molar-refractivity contribution in [3.63, 3.8) is 0 Å². The van der Waals surface area contributed by atoms with E-state index in [2.05, 4.69) is 11.8 Å². The van der Waals surface area contributed by atoms with Gasteiger partial charge in [0, 0.05) is 18.3 Å². The lowest BCUT2D eigenvalue weighted by Gasteiger charge is -2.38. The smallest absolute Gasteiger partial charge is 0.123 e. The van der Waals surface area contributed by atoms with Crippen molar-refractivity contribution in [3.8, 4) is 0 Å². The first-order chi connectivity index (χ1) is 9.20. The zero-order valence-electron chi connectivity index (χ0n) is 11.8. The molecule has 2 atom stereocenters. The lowest BCUT2D eigenvalue weighted by atomic mass is 9.86. The number of hydrogen-bond acceptors (Lipinski definition) is 2. The summed E-state index contributed by atoms with van der Waals surface area (Å²) in [5.41, 5.74) is 6.78. The standard InChI is InChI=1S/C16H25FN2/c1-13-4-2-5-16(12-13)19(11-3-10-18)15-8-6-14(17)7-9-15/h6-9,13,16H,2-5,10-12,18H2,1H3. The molecule has 1 saturated carbocycles. The molecule has 19 heavy (non-hydrogen) atoms. The van der Waals surface area contributed by atoms with Crippen molar-refractivity contribution < 1.29 is 4.39 Å². The number of hydrogen-bond donors (Lipinski definition) is 1. The van der Waals surface area contributed by atoms with Gasteiger partial charge in [-0.2, -0.15) is 0 Å². The summed E-state index contributed by atoms with van der Waals surface area (Å²) in [5.74, 6) is 0.624. The van der Waals surface area contributed by atoms with E-state index in [9.17, 15) is 4.39 Å². The molecular formula is C16H25FN2. The first-order valence-electron chi connectivity index (χ1n) is 7.43. The monoisotopic (exact) mass is 264 g/mol. The molecule has 3 heteroatoms. The van der Waals surface area contributed by atoms with Gasteiger partial charge in [0.2, 0.25) is 0 Å². The SMILES string of the molecule is CC1CCCC(N(CCCN)c2ccc(F)cc2)C1. The predicted octanol–water partition coefficient (Wildman–Crippen LogP) is 3.56. The van der Waals surface area contributed by atoms with Gasteiger partial charge in [-0.25, -0.2) is 4.39 Å². The highest BCUT2D eigenvalue weighted by Crippen LogP contribution is 2.30. The van der Waals surface area contributed by atoms with Gasteiger partial charge in [0.15, 0.2) is 0 Å². The summed E-state index contributed by atoms with van der Waals surface area (Å²) in [7, 11) is 0. The molecule has 106 valence electrons. The van der Waals surface area contributed by atoms with Crippen LogP contribution in [0, 0.1) is 11.7 Å². The molecule has 2 nitrogen and oxygen atoms in total. The summed E-state index contributed by atoms with van der Waals surface area (Å²) in [4.78, 5) is 2.43. The van der Waals surface area contributed by atoms with E-state index in [1.807, 2.05) is 12.1 Å². The summed E-state index contributed by atoms with van der Waals surface area (Å²) in [5, 5.41) is 0. The molecular weight excluding hydrogens is 239 g/mol. The molecule has 0 radical (unpaired) electrons. The molecule has 0 saturated heterocycles. The molecule has 0 bridgehead atoms.